The summed E-state index contributed by atoms with van der Waals surface area (Å²) >= 11 is 0. The molecule has 1 aliphatic heterocycles. The number of fused-ring (bicyclic) bond motifs is 3. The van der Waals surface area contributed by atoms with Crippen LogP contribution in [0.15, 0.2) is 70.0 Å². The fraction of sp³-hybridized carbons (Fsp3) is 0.345. The summed E-state index contributed by atoms with van der Waals surface area (Å²) in [4.78, 5) is 31.3. The van der Waals surface area contributed by atoms with E-state index in [-0.39, 0.29) is 11.1 Å². The molecule has 4 heterocycles. The Morgan fingerprint density at radius 2 is 1.56 bits per heavy atom. The smallest absolute Gasteiger partial charge is 0.260 e. The first-order valence-corrected chi connectivity index (χ1v) is 12.8. The van der Waals surface area contributed by atoms with Crippen molar-refractivity contribution in [2.24, 2.45) is 0 Å². The quantitative estimate of drug-likeness (QED) is 0.301. The maximum atomic E-state index is 13.4. The van der Waals surface area contributed by atoms with Crippen molar-refractivity contribution in [1.82, 2.24) is 14.1 Å². The Labute approximate surface area is 208 Å². The molecule has 0 atom stereocenters. The molecular formula is C29H29N3O4. The predicted octanol–water partition coefficient (Wildman–Crippen LogP) is 4.81. The lowest BCUT2D eigenvalue weighted by atomic mass is 9.97. The second kappa shape index (κ2) is 9.64. The Hall–Kier alpha value is -3.87. The lowest BCUT2D eigenvalue weighted by molar-refractivity contribution is 0.297. The van der Waals surface area contributed by atoms with Crippen molar-refractivity contribution in [1.29, 1.82) is 0 Å². The maximum Gasteiger partial charge on any atom is 0.260 e. The third-order valence-corrected chi connectivity index (χ3v) is 7.11. The van der Waals surface area contributed by atoms with Crippen LogP contribution >= 0.6 is 0 Å². The fourth-order valence-corrected chi connectivity index (χ4v) is 5.10. The molecule has 4 aromatic rings. The van der Waals surface area contributed by atoms with Crippen molar-refractivity contribution in [2.75, 3.05) is 13.2 Å². The highest BCUT2D eigenvalue weighted by atomic mass is 16.5. The highest BCUT2D eigenvalue weighted by Gasteiger charge is 2.14. The predicted molar refractivity (Wildman–Crippen MR) is 140 cm³/mol. The molecule has 0 fully saturated rings. The second-order valence-corrected chi connectivity index (χ2v) is 9.61. The van der Waals surface area contributed by atoms with Crippen LogP contribution in [0.3, 0.4) is 0 Å². The lowest BCUT2D eigenvalue weighted by Crippen LogP contribution is -2.23. The van der Waals surface area contributed by atoms with Gasteiger partial charge in [-0.25, -0.2) is 4.98 Å². The minimum Gasteiger partial charge on any atom is -0.490 e. The van der Waals surface area contributed by atoms with Gasteiger partial charge in [0.1, 0.15) is 0 Å². The molecule has 7 heteroatoms. The second-order valence-electron chi connectivity index (χ2n) is 9.61. The van der Waals surface area contributed by atoms with Crippen LogP contribution < -0.4 is 20.6 Å². The van der Waals surface area contributed by atoms with Crippen molar-refractivity contribution in [2.45, 2.75) is 51.6 Å². The molecule has 0 N–H and O–H groups in total. The van der Waals surface area contributed by atoms with Crippen LogP contribution in [0.5, 0.6) is 11.5 Å². The highest BCUT2D eigenvalue weighted by molar-refractivity contribution is 5.91. The van der Waals surface area contributed by atoms with Gasteiger partial charge in [-0.2, -0.15) is 0 Å². The molecule has 0 radical (unpaired) electrons. The summed E-state index contributed by atoms with van der Waals surface area (Å²) in [5.74, 6) is 1.44. The average molecular weight is 484 g/mol. The summed E-state index contributed by atoms with van der Waals surface area (Å²) in [6.07, 6.45) is 12.4. The molecule has 0 saturated heterocycles. The van der Waals surface area contributed by atoms with E-state index in [0.29, 0.717) is 53.9 Å². The zero-order valence-corrected chi connectivity index (χ0v) is 20.2. The lowest BCUT2D eigenvalue weighted by Gasteiger charge is -2.14. The van der Waals surface area contributed by atoms with Crippen LogP contribution in [0, 0.1) is 0 Å². The van der Waals surface area contributed by atoms with Gasteiger partial charge < -0.3 is 18.6 Å². The van der Waals surface area contributed by atoms with E-state index in [1.54, 1.807) is 21.4 Å². The molecule has 184 valence electrons. The first-order chi connectivity index (χ1) is 17.7. The summed E-state index contributed by atoms with van der Waals surface area (Å²) in [5.41, 5.74) is 3.30. The van der Waals surface area contributed by atoms with Gasteiger partial charge in [-0.15, -0.1) is 0 Å². The molecule has 36 heavy (non-hydrogen) atoms. The van der Waals surface area contributed by atoms with Gasteiger partial charge in [0.25, 0.3) is 11.1 Å². The average Bonchev–Trinajstić information content (AvgIpc) is 3.15. The van der Waals surface area contributed by atoms with Crippen LogP contribution in [0.25, 0.3) is 21.8 Å². The van der Waals surface area contributed by atoms with Crippen molar-refractivity contribution in [3.63, 3.8) is 0 Å². The summed E-state index contributed by atoms with van der Waals surface area (Å²) < 4.78 is 14.9. The molecule has 0 bridgehead atoms. The minimum absolute atomic E-state index is 0.101. The third-order valence-electron chi connectivity index (χ3n) is 7.11. The Bertz CT molecular complexity index is 1600. The number of rotatable bonds is 5. The largest absolute Gasteiger partial charge is 0.490 e. The normalized spacial score (nSPS) is 15.6. The van der Waals surface area contributed by atoms with E-state index in [9.17, 15) is 9.59 Å². The molecule has 0 spiro atoms. The number of hydrogen-bond donors (Lipinski definition) is 0. The van der Waals surface area contributed by atoms with Gasteiger partial charge >= 0.3 is 0 Å². The van der Waals surface area contributed by atoms with Crippen molar-refractivity contribution < 1.29 is 9.47 Å². The van der Waals surface area contributed by atoms with Crippen LogP contribution in [-0.4, -0.2) is 27.3 Å². The monoisotopic (exact) mass is 483 g/mol. The van der Waals surface area contributed by atoms with E-state index in [1.165, 1.54) is 18.4 Å². The third kappa shape index (κ3) is 4.41. The first kappa shape index (κ1) is 22.6. The number of pyridine rings is 3. The Morgan fingerprint density at radius 3 is 2.33 bits per heavy atom. The standard InChI is InChI=1S/C29H29N3O4/c33-28-22-18-23-25(30-24(22)10-13-31(28)12-9-20-5-2-1-3-6-20)11-14-32(29(23)34)19-21-7-8-26-27(17-21)36-16-4-15-35-26/h5,7-8,10-11,13-14,17-18H,1-4,6,9,12,15-16,19H2. The molecule has 7 nitrogen and oxygen atoms in total. The molecule has 2 aliphatic rings. The van der Waals surface area contributed by atoms with E-state index in [1.807, 2.05) is 36.5 Å². The van der Waals surface area contributed by atoms with Crippen molar-refractivity contribution in [3.05, 3.63) is 86.7 Å². The Morgan fingerprint density at radius 1 is 0.806 bits per heavy atom. The summed E-state index contributed by atoms with van der Waals surface area (Å²) in [7, 11) is 0. The number of benzene rings is 1. The Balaban J connectivity index is 1.32. The molecule has 1 aromatic carbocycles. The van der Waals surface area contributed by atoms with E-state index in [0.717, 1.165) is 37.0 Å². The molecule has 1 aliphatic carbocycles. The maximum absolute atomic E-state index is 13.4. The zero-order valence-electron chi connectivity index (χ0n) is 20.2. The van der Waals surface area contributed by atoms with Gasteiger partial charge in [0.15, 0.2) is 11.5 Å². The summed E-state index contributed by atoms with van der Waals surface area (Å²) in [6, 6.07) is 11.2. The van der Waals surface area contributed by atoms with Gasteiger partial charge in [0.05, 0.1) is 41.6 Å². The number of aryl methyl sites for hydroxylation is 1. The molecule has 6 rings (SSSR count). The van der Waals surface area contributed by atoms with Crippen LogP contribution in [0.1, 0.15) is 44.1 Å². The number of ether oxygens (including phenoxy) is 2. The van der Waals surface area contributed by atoms with Gasteiger partial charge in [0.2, 0.25) is 0 Å². The zero-order chi connectivity index (χ0) is 24.5. The van der Waals surface area contributed by atoms with Gasteiger partial charge in [0, 0.05) is 25.4 Å². The number of hydrogen-bond acceptors (Lipinski definition) is 5. The number of allylic oxidation sites excluding steroid dienone is 2. The SMILES string of the molecule is O=c1c2cc3c(=O)n(Cc4ccc5c(c4)OCCCO5)ccc3nc2ccn1CCC1=CCCCC1. The van der Waals surface area contributed by atoms with Gasteiger partial charge in [-0.1, -0.05) is 17.7 Å². The van der Waals surface area contributed by atoms with Gasteiger partial charge in [-0.3, -0.25) is 9.59 Å². The molecule has 0 unspecified atom stereocenters. The Kier molecular flexibility index (Phi) is 6.05. The number of aromatic nitrogens is 3. The number of nitrogens with zero attached hydrogens (tertiary/aromatic N) is 3. The van der Waals surface area contributed by atoms with Crippen LogP contribution in [-0.2, 0) is 13.1 Å². The minimum atomic E-state index is -0.170. The molecule has 0 saturated carbocycles. The van der Waals surface area contributed by atoms with Gasteiger partial charge in [-0.05, 0) is 68.0 Å². The summed E-state index contributed by atoms with van der Waals surface area (Å²) in [5, 5.41) is 0.928. The van der Waals surface area contributed by atoms with Crippen molar-refractivity contribution >= 4 is 21.8 Å². The van der Waals surface area contributed by atoms with Crippen molar-refractivity contribution in [3.8, 4) is 11.5 Å². The van der Waals surface area contributed by atoms with Crippen LogP contribution in [0.2, 0.25) is 0 Å². The molecular weight excluding hydrogens is 454 g/mol. The van der Waals surface area contributed by atoms with Crippen LogP contribution in [0.4, 0.5) is 0 Å². The van der Waals surface area contributed by atoms with E-state index in [4.69, 9.17) is 9.47 Å². The van der Waals surface area contributed by atoms with E-state index in [2.05, 4.69) is 11.1 Å². The topological polar surface area (TPSA) is 75.3 Å². The first-order valence-electron chi connectivity index (χ1n) is 12.8. The molecule has 0 amide bonds. The molecule has 3 aromatic heterocycles. The highest BCUT2D eigenvalue weighted by Crippen LogP contribution is 2.30. The summed E-state index contributed by atoms with van der Waals surface area (Å²) in [6.45, 7) is 2.27. The fourth-order valence-electron chi connectivity index (χ4n) is 5.10. The van der Waals surface area contributed by atoms with E-state index >= 15 is 0 Å². The van der Waals surface area contributed by atoms with E-state index < -0.39 is 0 Å².